The first-order valence-corrected chi connectivity index (χ1v) is 8.76. The fraction of sp³-hybridized carbons (Fsp3) is 0.100. The van der Waals surface area contributed by atoms with Gasteiger partial charge in [0.05, 0.1) is 11.4 Å². The molecule has 4 heteroatoms. The van der Waals surface area contributed by atoms with Gasteiger partial charge in [0.1, 0.15) is 13.3 Å². The molecule has 24 heavy (non-hydrogen) atoms. The first-order valence-electron chi connectivity index (χ1n) is 7.97. The number of hydrogen-bond acceptors (Lipinski definition) is 3. The Morgan fingerprint density at radius 2 is 1.00 bits per heavy atom. The van der Waals surface area contributed by atoms with Crippen LogP contribution < -0.4 is 14.9 Å². The van der Waals surface area contributed by atoms with E-state index in [1.807, 2.05) is 0 Å². The lowest BCUT2D eigenvalue weighted by atomic mass is 10.3. The molecule has 4 rings (SSSR count). The quantitative estimate of drug-likeness (QED) is 0.625. The average molecular weight is 380 g/mol. The van der Waals surface area contributed by atoms with E-state index in [0.29, 0.717) is 0 Å². The van der Waals surface area contributed by atoms with Gasteiger partial charge >= 0.3 is 0 Å². The van der Waals surface area contributed by atoms with Gasteiger partial charge in [0, 0.05) is 10.2 Å². The number of nitrogens with zero attached hydrogens (tertiary/aromatic N) is 3. The molecular weight excluding hydrogens is 362 g/mol. The lowest BCUT2D eigenvalue weighted by molar-refractivity contribution is 0.891. The van der Waals surface area contributed by atoms with E-state index >= 15 is 0 Å². The molecule has 0 radical (unpaired) electrons. The second-order valence-electron chi connectivity index (χ2n) is 5.77. The monoisotopic (exact) mass is 379 g/mol. The van der Waals surface area contributed by atoms with E-state index in [0.717, 1.165) is 17.8 Å². The molecule has 3 aromatic rings. The van der Waals surface area contributed by atoms with Gasteiger partial charge < -0.3 is 4.90 Å². The van der Waals surface area contributed by atoms with Crippen LogP contribution in [0.5, 0.6) is 0 Å². The number of rotatable bonds is 3. The molecule has 1 aliphatic heterocycles. The first-order chi connectivity index (χ1) is 11.8. The molecule has 0 saturated carbocycles. The molecule has 1 aliphatic rings. The van der Waals surface area contributed by atoms with Gasteiger partial charge in [0.25, 0.3) is 0 Å². The second kappa shape index (κ2) is 6.57. The van der Waals surface area contributed by atoms with Gasteiger partial charge in [-0.3, -0.25) is 10.0 Å². The van der Waals surface area contributed by atoms with E-state index in [1.54, 1.807) is 0 Å². The summed E-state index contributed by atoms with van der Waals surface area (Å²) in [5.41, 5.74) is 3.61. The van der Waals surface area contributed by atoms with Crippen molar-refractivity contribution in [1.82, 2.24) is 0 Å². The molecule has 3 aromatic carbocycles. The largest absolute Gasteiger partial charge is 0.332 e. The third kappa shape index (κ3) is 2.97. The van der Waals surface area contributed by atoms with Crippen LogP contribution in [0.3, 0.4) is 0 Å². The van der Waals surface area contributed by atoms with Crippen molar-refractivity contribution in [2.24, 2.45) is 0 Å². The minimum atomic E-state index is 0.820. The number of para-hydroxylation sites is 2. The van der Waals surface area contributed by atoms with Gasteiger partial charge in [-0.25, -0.2) is 0 Å². The lowest BCUT2D eigenvalue weighted by Crippen LogP contribution is -2.36. The smallest absolute Gasteiger partial charge is 0.112 e. The normalized spacial score (nSPS) is 14.3. The van der Waals surface area contributed by atoms with Crippen molar-refractivity contribution in [1.29, 1.82) is 0 Å². The summed E-state index contributed by atoms with van der Waals surface area (Å²) in [6, 6.07) is 29.6. The summed E-state index contributed by atoms with van der Waals surface area (Å²) in [7, 11) is 0. The highest BCUT2D eigenvalue weighted by atomic mass is 79.9. The zero-order chi connectivity index (χ0) is 16.4. The summed E-state index contributed by atoms with van der Waals surface area (Å²) in [6.07, 6.45) is 0. The Balaban J connectivity index is 1.68. The maximum atomic E-state index is 3.51. The van der Waals surface area contributed by atoms with Crippen LogP contribution in [0, 0.1) is 0 Å². The van der Waals surface area contributed by atoms with Crippen molar-refractivity contribution in [3.8, 4) is 0 Å². The highest BCUT2D eigenvalue weighted by Gasteiger charge is 2.28. The maximum absolute atomic E-state index is 3.51. The predicted octanol–water partition coefficient (Wildman–Crippen LogP) is 5.11. The minimum absolute atomic E-state index is 0.820. The molecule has 3 nitrogen and oxygen atoms in total. The highest BCUT2D eigenvalue weighted by Crippen LogP contribution is 2.30. The fourth-order valence-corrected chi connectivity index (χ4v) is 3.24. The molecule has 0 aliphatic carbocycles. The summed E-state index contributed by atoms with van der Waals surface area (Å²) < 4.78 is 1.10. The van der Waals surface area contributed by atoms with E-state index < -0.39 is 0 Å². The minimum Gasteiger partial charge on any atom is -0.332 e. The maximum Gasteiger partial charge on any atom is 0.112 e. The standard InChI is InChI=1S/C20H18BrN3/c21-17-11-13-18(14-12-17)22-15-23(19-7-3-1-4-8-19)24(16-22)20-9-5-2-6-10-20/h1-14H,15-16H2. The van der Waals surface area contributed by atoms with Crippen molar-refractivity contribution >= 4 is 33.0 Å². The predicted molar refractivity (Wildman–Crippen MR) is 104 cm³/mol. The van der Waals surface area contributed by atoms with Gasteiger partial charge in [-0.2, -0.15) is 0 Å². The van der Waals surface area contributed by atoms with Crippen LogP contribution in [0.1, 0.15) is 0 Å². The van der Waals surface area contributed by atoms with Crippen LogP contribution in [0.4, 0.5) is 17.1 Å². The van der Waals surface area contributed by atoms with Gasteiger partial charge in [0.15, 0.2) is 0 Å². The second-order valence-corrected chi connectivity index (χ2v) is 6.68. The van der Waals surface area contributed by atoms with Crippen molar-refractivity contribution in [2.75, 3.05) is 28.3 Å². The van der Waals surface area contributed by atoms with Crippen molar-refractivity contribution in [2.45, 2.75) is 0 Å². The SMILES string of the molecule is Brc1ccc(N2CN(c3ccccc3)N(c3ccccc3)C2)cc1. The number of anilines is 3. The summed E-state index contributed by atoms with van der Waals surface area (Å²) in [5, 5.41) is 4.63. The van der Waals surface area contributed by atoms with Gasteiger partial charge in [-0.1, -0.05) is 52.3 Å². The molecule has 0 unspecified atom stereocenters. The van der Waals surface area contributed by atoms with Gasteiger partial charge in [0.2, 0.25) is 0 Å². The Hall–Kier alpha value is -2.46. The molecule has 0 amide bonds. The Kier molecular flexibility index (Phi) is 4.13. The van der Waals surface area contributed by atoms with Crippen LogP contribution in [-0.4, -0.2) is 13.3 Å². The van der Waals surface area contributed by atoms with Crippen LogP contribution in [0.15, 0.2) is 89.4 Å². The van der Waals surface area contributed by atoms with E-state index in [9.17, 15) is 0 Å². The number of hydrogen-bond donors (Lipinski definition) is 0. The Morgan fingerprint density at radius 3 is 1.46 bits per heavy atom. The van der Waals surface area contributed by atoms with Crippen LogP contribution in [0.2, 0.25) is 0 Å². The fourth-order valence-electron chi connectivity index (χ4n) is 2.98. The Labute approximate surface area is 150 Å². The van der Waals surface area contributed by atoms with Gasteiger partial charge in [-0.15, -0.1) is 0 Å². The first kappa shape index (κ1) is 15.1. The zero-order valence-electron chi connectivity index (χ0n) is 13.2. The molecule has 0 bridgehead atoms. The topological polar surface area (TPSA) is 9.72 Å². The van der Waals surface area contributed by atoms with E-state index in [2.05, 4.69) is 116 Å². The van der Waals surface area contributed by atoms with Crippen LogP contribution >= 0.6 is 15.9 Å². The Morgan fingerprint density at radius 1 is 0.542 bits per heavy atom. The molecule has 0 atom stereocenters. The highest BCUT2D eigenvalue weighted by molar-refractivity contribution is 9.10. The molecular formula is C20H18BrN3. The summed E-state index contributed by atoms with van der Waals surface area (Å²) in [4.78, 5) is 2.37. The molecule has 1 saturated heterocycles. The van der Waals surface area contributed by atoms with Crippen molar-refractivity contribution in [3.05, 3.63) is 89.4 Å². The Bertz CT molecular complexity index is 743. The van der Waals surface area contributed by atoms with E-state index in [4.69, 9.17) is 0 Å². The summed E-state index contributed by atoms with van der Waals surface area (Å²) in [6.45, 7) is 1.64. The van der Waals surface area contributed by atoms with Gasteiger partial charge in [-0.05, 0) is 48.5 Å². The molecule has 1 heterocycles. The van der Waals surface area contributed by atoms with Crippen molar-refractivity contribution in [3.63, 3.8) is 0 Å². The molecule has 0 spiro atoms. The number of benzene rings is 3. The van der Waals surface area contributed by atoms with E-state index in [1.165, 1.54) is 17.1 Å². The molecule has 0 N–H and O–H groups in total. The number of hydrazine groups is 1. The molecule has 0 aromatic heterocycles. The molecule has 1 fully saturated rings. The van der Waals surface area contributed by atoms with E-state index in [-0.39, 0.29) is 0 Å². The zero-order valence-corrected chi connectivity index (χ0v) is 14.8. The average Bonchev–Trinajstić information content (AvgIpc) is 3.09. The molecule has 120 valence electrons. The third-order valence-corrected chi connectivity index (χ3v) is 4.73. The third-order valence-electron chi connectivity index (χ3n) is 4.20. The van der Waals surface area contributed by atoms with Crippen LogP contribution in [-0.2, 0) is 0 Å². The van der Waals surface area contributed by atoms with Crippen molar-refractivity contribution < 1.29 is 0 Å². The van der Waals surface area contributed by atoms with Crippen LogP contribution in [0.25, 0.3) is 0 Å². The summed E-state index contributed by atoms with van der Waals surface area (Å²) in [5.74, 6) is 0. The summed E-state index contributed by atoms with van der Waals surface area (Å²) >= 11 is 3.51. The lowest BCUT2D eigenvalue weighted by Gasteiger charge is -2.29. The number of halogens is 1.